The summed E-state index contributed by atoms with van der Waals surface area (Å²) in [6.45, 7) is 2.31. The second-order valence-corrected chi connectivity index (χ2v) is 4.66. The van der Waals surface area contributed by atoms with Gasteiger partial charge in [-0.05, 0) is 25.2 Å². The average molecular weight is 244 g/mol. The van der Waals surface area contributed by atoms with E-state index in [2.05, 4.69) is 17.6 Å². The van der Waals surface area contributed by atoms with E-state index in [0.29, 0.717) is 5.92 Å². The molecule has 0 aromatic heterocycles. The summed E-state index contributed by atoms with van der Waals surface area (Å²) in [4.78, 5) is 21.7. The fourth-order valence-corrected chi connectivity index (χ4v) is 2.02. The maximum atomic E-state index is 11.4. The first-order chi connectivity index (χ1) is 7.99. The summed E-state index contributed by atoms with van der Waals surface area (Å²) in [6.07, 6.45) is 1.71. The van der Waals surface area contributed by atoms with E-state index in [4.69, 9.17) is 10.2 Å². The highest BCUT2D eigenvalue weighted by atomic mass is 16.4. The van der Waals surface area contributed by atoms with Gasteiger partial charge in [0.1, 0.15) is 0 Å². The molecule has 0 saturated heterocycles. The maximum absolute atomic E-state index is 11.4. The van der Waals surface area contributed by atoms with Crippen LogP contribution in [-0.2, 0) is 4.79 Å². The van der Waals surface area contributed by atoms with Crippen LogP contribution in [0, 0.1) is 5.92 Å². The Hall–Kier alpha value is -1.30. The number of aliphatic hydroxyl groups excluding tert-OH is 1. The van der Waals surface area contributed by atoms with Crippen molar-refractivity contribution in [1.82, 2.24) is 10.6 Å². The number of amides is 2. The van der Waals surface area contributed by atoms with E-state index in [1.165, 1.54) is 0 Å². The number of aliphatic carboxylic acids is 1. The lowest BCUT2D eigenvalue weighted by atomic mass is 10.1. The molecule has 2 amide bonds. The second kappa shape index (κ2) is 6.44. The first-order valence-electron chi connectivity index (χ1n) is 5.94. The lowest BCUT2D eigenvalue weighted by Crippen LogP contribution is -2.42. The Balaban J connectivity index is 2.11. The lowest BCUT2D eigenvalue weighted by molar-refractivity contribution is -0.146. The molecule has 1 rings (SSSR count). The Morgan fingerprint density at radius 1 is 1.41 bits per heavy atom. The fraction of sp³-hybridized carbons (Fsp3) is 0.818. The van der Waals surface area contributed by atoms with E-state index < -0.39 is 12.1 Å². The van der Waals surface area contributed by atoms with Crippen molar-refractivity contribution in [2.75, 3.05) is 6.54 Å². The molecule has 0 bridgehead atoms. The summed E-state index contributed by atoms with van der Waals surface area (Å²) in [7, 11) is 0. The van der Waals surface area contributed by atoms with Gasteiger partial charge in [-0.1, -0.05) is 6.92 Å². The highest BCUT2D eigenvalue weighted by Gasteiger charge is 2.22. The van der Waals surface area contributed by atoms with Crippen LogP contribution >= 0.6 is 0 Å². The molecule has 1 fully saturated rings. The van der Waals surface area contributed by atoms with E-state index in [1.807, 2.05) is 0 Å². The molecule has 1 aliphatic rings. The monoisotopic (exact) mass is 244 g/mol. The largest absolute Gasteiger partial charge is 0.479 e. The molecule has 1 aliphatic carbocycles. The topological polar surface area (TPSA) is 98.7 Å². The van der Waals surface area contributed by atoms with Gasteiger partial charge in [-0.2, -0.15) is 0 Å². The molecule has 1 saturated carbocycles. The van der Waals surface area contributed by atoms with Crippen molar-refractivity contribution in [3.05, 3.63) is 0 Å². The molecule has 98 valence electrons. The molecule has 4 N–H and O–H groups in total. The first kappa shape index (κ1) is 13.8. The molecule has 0 radical (unpaired) electrons. The van der Waals surface area contributed by atoms with Gasteiger partial charge in [0.2, 0.25) is 0 Å². The van der Waals surface area contributed by atoms with Gasteiger partial charge >= 0.3 is 12.0 Å². The van der Waals surface area contributed by atoms with E-state index in [9.17, 15) is 9.59 Å². The van der Waals surface area contributed by atoms with Crippen molar-refractivity contribution < 1.29 is 19.8 Å². The van der Waals surface area contributed by atoms with Crippen LogP contribution in [0.15, 0.2) is 0 Å². The Kier molecular flexibility index (Phi) is 5.21. The molecule has 2 unspecified atom stereocenters. The van der Waals surface area contributed by atoms with Crippen molar-refractivity contribution in [3.63, 3.8) is 0 Å². The molecule has 6 heteroatoms. The third-order valence-electron chi connectivity index (χ3n) is 3.02. The Bertz CT molecular complexity index is 283. The summed E-state index contributed by atoms with van der Waals surface area (Å²) in [6, 6.07) is -0.0731. The van der Waals surface area contributed by atoms with Crippen LogP contribution < -0.4 is 10.6 Å². The minimum Gasteiger partial charge on any atom is -0.479 e. The SMILES string of the molecule is CC1CCC(NC(=O)NCC[C@H](O)C(=O)O)C1. The van der Waals surface area contributed by atoms with Crippen molar-refractivity contribution in [1.29, 1.82) is 0 Å². The summed E-state index contributed by atoms with van der Waals surface area (Å²) < 4.78 is 0. The quantitative estimate of drug-likeness (QED) is 0.559. The van der Waals surface area contributed by atoms with Crippen molar-refractivity contribution in [2.45, 2.75) is 44.8 Å². The molecule has 3 atom stereocenters. The Labute approximate surface area is 100 Å². The molecule has 0 aromatic carbocycles. The van der Waals surface area contributed by atoms with Crippen LogP contribution in [0.3, 0.4) is 0 Å². The zero-order chi connectivity index (χ0) is 12.8. The number of carboxylic acids is 1. The van der Waals surface area contributed by atoms with Gasteiger partial charge in [0.05, 0.1) is 0 Å². The number of rotatable bonds is 5. The number of urea groups is 1. The highest BCUT2D eigenvalue weighted by molar-refractivity contribution is 5.74. The minimum absolute atomic E-state index is 0.0177. The molecular formula is C11H20N2O4. The lowest BCUT2D eigenvalue weighted by Gasteiger charge is -2.13. The van der Waals surface area contributed by atoms with Crippen LogP contribution in [0.25, 0.3) is 0 Å². The molecular weight excluding hydrogens is 224 g/mol. The summed E-state index contributed by atoms with van der Waals surface area (Å²) in [5.74, 6) is -0.619. The van der Waals surface area contributed by atoms with Gasteiger partial charge in [0, 0.05) is 19.0 Å². The average Bonchev–Trinajstić information content (AvgIpc) is 2.63. The van der Waals surface area contributed by atoms with Gasteiger partial charge in [-0.15, -0.1) is 0 Å². The smallest absolute Gasteiger partial charge is 0.332 e. The standard InChI is InChI=1S/C11H20N2O4/c1-7-2-3-8(6-7)13-11(17)12-5-4-9(14)10(15)16/h7-9,14H,2-6H2,1H3,(H,15,16)(H2,12,13,17)/t7?,8?,9-/m0/s1. The van der Waals surface area contributed by atoms with Gasteiger partial charge in [-0.3, -0.25) is 0 Å². The number of carboxylic acid groups (broad SMARTS) is 1. The van der Waals surface area contributed by atoms with Crippen LogP contribution in [0.2, 0.25) is 0 Å². The number of hydrogen-bond donors (Lipinski definition) is 4. The van der Waals surface area contributed by atoms with Crippen LogP contribution in [0.4, 0.5) is 4.79 Å². The van der Waals surface area contributed by atoms with E-state index in [0.717, 1.165) is 19.3 Å². The van der Waals surface area contributed by atoms with E-state index in [-0.39, 0.29) is 25.0 Å². The number of aliphatic hydroxyl groups is 1. The molecule has 6 nitrogen and oxygen atoms in total. The highest BCUT2D eigenvalue weighted by Crippen LogP contribution is 2.24. The number of carbonyl (C=O) groups is 2. The minimum atomic E-state index is -1.41. The second-order valence-electron chi connectivity index (χ2n) is 4.66. The zero-order valence-electron chi connectivity index (χ0n) is 9.98. The first-order valence-corrected chi connectivity index (χ1v) is 5.94. The third kappa shape index (κ3) is 5.04. The number of nitrogens with one attached hydrogen (secondary N) is 2. The van der Waals surface area contributed by atoms with Crippen molar-refractivity contribution in [2.24, 2.45) is 5.92 Å². The maximum Gasteiger partial charge on any atom is 0.332 e. The van der Waals surface area contributed by atoms with Gasteiger partial charge < -0.3 is 20.8 Å². The van der Waals surface area contributed by atoms with E-state index >= 15 is 0 Å². The number of carbonyl (C=O) groups excluding carboxylic acids is 1. The van der Waals surface area contributed by atoms with Crippen molar-refractivity contribution in [3.8, 4) is 0 Å². The van der Waals surface area contributed by atoms with Crippen LogP contribution in [-0.4, -0.2) is 40.9 Å². The Morgan fingerprint density at radius 3 is 2.65 bits per heavy atom. The van der Waals surface area contributed by atoms with Gasteiger partial charge in [0.25, 0.3) is 0 Å². The zero-order valence-corrected chi connectivity index (χ0v) is 9.98. The molecule has 0 spiro atoms. The van der Waals surface area contributed by atoms with Gasteiger partial charge in [0.15, 0.2) is 6.10 Å². The van der Waals surface area contributed by atoms with Crippen LogP contribution in [0.5, 0.6) is 0 Å². The molecule has 0 heterocycles. The third-order valence-corrected chi connectivity index (χ3v) is 3.02. The normalized spacial score (nSPS) is 25.3. The summed E-state index contributed by atoms with van der Waals surface area (Å²) >= 11 is 0. The number of hydrogen-bond acceptors (Lipinski definition) is 3. The molecule has 0 aromatic rings. The van der Waals surface area contributed by atoms with Crippen LogP contribution in [0.1, 0.15) is 32.6 Å². The van der Waals surface area contributed by atoms with E-state index in [1.54, 1.807) is 0 Å². The molecule has 17 heavy (non-hydrogen) atoms. The summed E-state index contributed by atoms with van der Waals surface area (Å²) in [5.41, 5.74) is 0. The fourth-order valence-electron chi connectivity index (χ4n) is 2.02. The predicted molar refractivity (Wildman–Crippen MR) is 61.6 cm³/mol. The predicted octanol–water partition coefficient (Wildman–Crippen LogP) is 0.310. The van der Waals surface area contributed by atoms with Crippen molar-refractivity contribution >= 4 is 12.0 Å². The molecule has 0 aliphatic heterocycles. The summed E-state index contributed by atoms with van der Waals surface area (Å²) in [5, 5.41) is 22.8. The van der Waals surface area contributed by atoms with Gasteiger partial charge in [-0.25, -0.2) is 9.59 Å². The Morgan fingerprint density at radius 2 is 2.12 bits per heavy atom.